The summed E-state index contributed by atoms with van der Waals surface area (Å²) in [6.07, 6.45) is 3.80. The lowest BCUT2D eigenvalue weighted by Crippen LogP contribution is -2.54. The predicted octanol–water partition coefficient (Wildman–Crippen LogP) is 3.72. The third kappa shape index (κ3) is 5.26. The zero-order valence-corrected chi connectivity index (χ0v) is 21.2. The fourth-order valence-electron chi connectivity index (χ4n) is 4.74. The number of piperazine rings is 1. The van der Waals surface area contributed by atoms with E-state index in [4.69, 9.17) is 9.72 Å². The van der Waals surface area contributed by atoms with Crippen LogP contribution in [0.2, 0.25) is 0 Å². The highest BCUT2D eigenvalue weighted by atomic mass is 16.5. The van der Waals surface area contributed by atoms with Crippen molar-refractivity contribution in [3.63, 3.8) is 0 Å². The lowest BCUT2D eigenvalue weighted by atomic mass is 9.98. The topological polar surface area (TPSA) is 89.8 Å². The van der Waals surface area contributed by atoms with E-state index in [-0.39, 0.29) is 17.9 Å². The Morgan fingerprint density at radius 1 is 1.31 bits per heavy atom. The second-order valence-electron chi connectivity index (χ2n) is 9.46. The van der Waals surface area contributed by atoms with Crippen LogP contribution in [0, 0.1) is 11.3 Å². The molecule has 1 saturated carbocycles. The van der Waals surface area contributed by atoms with E-state index in [1.54, 1.807) is 19.1 Å². The maximum absolute atomic E-state index is 12.6. The molecule has 0 bridgehead atoms. The van der Waals surface area contributed by atoms with E-state index in [0.29, 0.717) is 50.0 Å². The third-order valence-electron chi connectivity index (χ3n) is 6.93. The molecule has 0 radical (unpaired) electrons. The molecule has 0 spiro atoms. The van der Waals surface area contributed by atoms with Crippen molar-refractivity contribution in [2.75, 3.05) is 50.2 Å². The highest BCUT2D eigenvalue weighted by Crippen LogP contribution is 2.45. The van der Waals surface area contributed by atoms with E-state index < -0.39 is 0 Å². The van der Waals surface area contributed by atoms with Gasteiger partial charge in [-0.25, -0.2) is 4.98 Å². The molecule has 8 heteroatoms. The SMILES string of the molecule is C=CC(=O)N(C)c1cccc(-c2cc(C#N)c(N3CCN(C(=O)CCOC)C(C)C3)nc2C2CC2)c1. The summed E-state index contributed by atoms with van der Waals surface area (Å²) in [5.74, 6) is 0.951. The van der Waals surface area contributed by atoms with Gasteiger partial charge in [0.1, 0.15) is 11.9 Å². The van der Waals surface area contributed by atoms with Gasteiger partial charge in [-0.2, -0.15) is 5.26 Å². The van der Waals surface area contributed by atoms with Gasteiger partial charge < -0.3 is 19.4 Å². The molecule has 2 aliphatic rings. The average molecular weight is 488 g/mol. The molecule has 2 amide bonds. The summed E-state index contributed by atoms with van der Waals surface area (Å²) in [5.41, 5.74) is 4.12. The van der Waals surface area contributed by atoms with Crippen LogP contribution >= 0.6 is 0 Å². The van der Waals surface area contributed by atoms with Crippen LogP contribution in [-0.2, 0) is 14.3 Å². The van der Waals surface area contributed by atoms with Crippen molar-refractivity contribution in [3.05, 3.63) is 54.2 Å². The molecule has 1 aromatic carbocycles. The Balaban J connectivity index is 1.65. The normalized spacial score (nSPS) is 17.4. The first kappa shape index (κ1) is 25.4. The van der Waals surface area contributed by atoms with E-state index in [2.05, 4.69) is 17.5 Å². The van der Waals surface area contributed by atoms with E-state index in [1.165, 1.54) is 6.08 Å². The third-order valence-corrected chi connectivity index (χ3v) is 6.93. The fourth-order valence-corrected chi connectivity index (χ4v) is 4.74. The summed E-state index contributed by atoms with van der Waals surface area (Å²) in [7, 11) is 3.31. The van der Waals surface area contributed by atoms with Gasteiger partial charge in [-0.1, -0.05) is 18.7 Å². The molecule has 36 heavy (non-hydrogen) atoms. The molecular weight excluding hydrogens is 454 g/mol. The standard InChI is InChI=1S/C28H33N5O3/c1-5-25(34)31(3)23-8-6-7-21(15-23)24-16-22(17-29)28(30-27(24)20-9-10-20)32-12-13-33(19(2)18-32)26(35)11-14-36-4/h5-8,15-16,19-20H,1,9-14,18H2,2-4H3. The number of aromatic nitrogens is 1. The van der Waals surface area contributed by atoms with Crippen molar-refractivity contribution in [3.8, 4) is 17.2 Å². The number of ether oxygens (including phenoxy) is 1. The van der Waals surface area contributed by atoms with Crippen LogP contribution in [0.3, 0.4) is 0 Å². The Hall–Kier alpha value is -3.70. The number of methoxy groups -OCH3 is 1. The van der Waals surface area contributed by atoms with Crippen molar-refractivity contribution in [1.29, 1.82) is 5.26 Å². The van der Waals surface area contributed by atoms with Crippen molar-refractivity contribution >= 4 is 23.3 Å². The van der Waals surface area contributed by atoms with Crippen LogP contribution in [0.4, 0.5) is 11.5 Å². The van der Waals surface area contributed by atoms with Gasteiger partial charge in [0.25, 0.3) is 0 Å². The minimum absolute atomic E-state index is 0.00937. The lowest BCUT2D eigenvalue weighted by molar-refractivity contribution is -0.134. The summed E-state index contributed by atoms with van der Waals surface area (Å²) >= 11 is 0. The molecular formula is C28H33N5O3. The molecule has 8 nitrogen and oxygen atoms in total. The van der Waals surface area contributed by atoms with Crippen molar-refractivity contribution in [1.82, 2.24) is 9.88 Å². The average Bonchev–Trinajstić information content (AvgIpc) is 3.75. The Kier molecular flexibility index (Phi) is 7.70. The number of anilines is 2. The number of nitrogens with zero attached hydrogens (tertiary/aromatic N) is 5. The first-order chi connectivity index (χ1) is 17.4. The van der Waals surface area contributed by atoms with Crippen LogP contribution in [0.1, 0.15) is 43.4 Å². The van der Waals surface area contributed by atoms with Gasteiger partial charge in [-0.15, -0.1) is 0 Å². The zero-order chi connectivity index (χ0) is 25.8. The Bertz CT molecular complexity index is 1200. The van der Waals surface area contributed by atoms with E-state index in [0.717, 1.165) is 35.3 Å². The second-order valence-corrected chi connectivity index (χ2v) is 9.46. The smallest absolute Gasteiger partial charge is 0.250 e. The molecule has 1 unspecified atom stereocenters. The first-order valence-electron chi connectivity index (χ1n) is 12.4. The Morgan fingerprint density at radius 2 is 2.08 bits per heavy atom. The quantitative estimate of drug-likeness (QED) is 0.527. The largest absolute Gasteiger partial charge is 0.384 e. The number of hydrogen-bond donors (Lipinski definition) is 0. The highest BCUT2D eigenvalue weighted by molar-refractivity contribution is 6.01. The number of amides is 2. The van der Waals surface area contributed by atoms with Gasteiger partial charge in [0.15, 0.2) is 0 Å². The molecule has 1 atom stereocenters. The molecule has 1 aliphatic carbocycles. The van der Waals surface area contributed by atoms with Crippen molar-refractivity contribution in [2.45, 2.75) is 38.1 Å². The lowest BCUT2D eigenvalue weighted by Gasteiger charge is -2.41. The van der Waals surface area contributed by atoms with Crippen LogP contribution in [-0.4, -0.2) is 68.1 Å². The first-order valence-corrected chi connectivity index (χ1v) is 12.4. The van der Waals surface area contributed by atoms with Gasteiger partial charge in [-0.3, -0.25) is 9.59 Å². The van der Waals surface area contributed by atoms with Crippen molar-refractivity contribution < 1.29 is 14.3 Å². The molecule has 1 aromatic heterocycles. The molecule has 0 N–H and O–H groups in total. The number of rotatable bonds is 8. The van der Waals surface area contributed by atoms with Crippen molar-refractivity contribution in [2.24, 2.45) is 0 Å². The Labute approximate surface area is 212 Å². The molecule has 2 aromatic rings. The molecule has 4 rings (SSSR count). The van der Waals surface area contributed by atoms with Gasteiger partial charge in [0, 0.05) is 57.0 Å². The number of nitriles is 1. The minimum atomic E-state index is -0.185. The summed E-state index contributed by atoms with van der Waals surface area (Å²) in [6, 6.07) is 12.0. The van der Waals surface area contributed by atoms with E-state index >= 15 is 0 Å². The zero-order valence-electron chi connectivity index (χ0n) is 21.2. The molecule has 1 saturated heterocycles. The summed E-state index contributed by atoms with van der Waals surface area (Å²) < 4.78 is 5.06. The number of carbonyl (C=O) groups excluding carboxylic acids is 2. The number of benzene rings is 1. The van der Waals surface area contributed by atoms with Gasteiger partial charge in [0.05, 0.1) is 24.3 Å². The van der Waals surface area contributed by atoms with Gasteiger partial charge in [0.2, 0.25) is 11.8 Å². The maximum atomic E-state index is 12.6. The second kappa shape index (κ2) is 10.9. The maximum Gasteiger partial charge on any atom is 0.250 e. The Morgan fingerprint density at radius 3 is 2.72 bits per heavy atom. The summed E-state index contributed by atoms with van der Waals surface area (Å²) in [6.45, 7) is 7.85. The van der Waals surface area contributed by atoms with Crippen LogP contribution in [0.25, 0.3) is 11.1 Å². The van der Waals surface area contributed by atoms with Gasteiger partial charge in [-0.05, 0) is 49.6 Å². The number of likely N-dealkylation sites (N-methyl/N-ethyl adjacent to an activating group) is 1. The van der Waals surface area contributed by atoms with Gasteiger partial charge >= 0.3 is 0 Å². The van der Waals surface area contributed by atoms with Crippen LogP contribution < -0.4 is 9.80 Å². The number of hydrogen-bond acceptors (Lipinski definition) is 6. The number of pyridine rings is 1. The van der Waals surface area contributed by atoms with E-state index in [9.17, 15) is 14.9 Å². The molecule has 1 aliphatic heterocycles. The minimum Gasteiger partial charge on any atom is -0.384 e. The predicted molar refractivity (Wildman–Crippen MR) is 140 cm³/mol. The van der Waals surface area contributed by atoms with E-state index in [1.807, 2.05) is 42.2 Å². The molecule has 2 fully saturated rings. The van der Waals surface area contributed by atoms with Crippen LogP contribution in [0.15, 0.2) is 43.0 Å². The fraction of sp³-hybridized carbons (Fsp3) is 0.429. The highest BCUT2D eigenvalue weighted by Gasteiger charge is 2.33. The monoisotopic (exact) mass is 487 g/mol. The molecule has 188 valence electrons. The molecule has 2 heterocycles. The summed E-state index contributed by atoms with van der Waals surface area (Å²) in [5, 5.41) is 10.1. The summed E-state index contributed by atoms with van der Waals surface area (Å²) in [4.78, 5) is 35.3. The van der Waals surface area contributed by atoms with Crippen LogP contribution in [0.5, 0.6) is 0 Å². The number of carbonyl (C=O) groups is 2.